The molecule has 0 saturated carbocycles. The highest BCUT2D eigenvalue weighted by Crippen LogP contribution is 2.30. The number of nitrogens with zero attached hydrogens (tertiary/aromatic N) is 2. The number of aromatic nitrogens is 1. The van der Waals surface area contributed by atoms with Crippen molar-refractivity contribution in [2.24, 2.45) is 5.41 Å². The van der Waals surface area contributed by atoms with E-state index >= 15 is 0 Å². The molecule has 1 fully saturated rings. The van der Waals surface area contributed by atoms with Crippen LogP contribution in [0, 0.1) is 5.41 Å². The van der Waals surface area contributed by atoms with E-state index in [4.69, 9.17) is 4.98 Å². The lowest BCUT2D eigenvalue weighted by Gasteiger charge is -2.22. The Morgan fingerprint density at radius 1 is 1.37 bits per heavy atom. The topological polar surface area (TPSA) is 28.2 Å². The van der Waals surface area contributed by atoms with Crippen LogP contribution < -0.4 is 5.32 Å². The van der Waals surface area contributed by atoms with Crippen LogP contribution in [0.1, 0.15) is 50.7 Å². The molecule has 0 aromatic carbocycles. The van der Waals surface area contributed by atoms with Gasteiger partial charge in [-0.2, -0.15) is 0 Å². The van der Waals surface area contributed by atoms with Gasteiger partial charge in [-0.15, -0.1) is 11.3 Å². The Morgan fingerprint density at radius 3 is 3.00 bits per heavy atom. The van der Waals surface area contributed by atoms with Gasteiger partial charge in [-0.1, -0.05) is 20.8 Å². The van der Waals surface area contributed by atoms with Gasteiger partial charge < -0.3 is 5.32 Å². The highest BCUT2D eigenvalue weighted by molar-refractivity contribution is 7.09. The second-order valence-electron chi connectivity index (χ2n) is 6.31. The zero-order valence-electron chi connectivity index (χ0n) is 12.5. The first kappa shape index (κ1) is 14.9. The highest BCUT2D eigenvalue weighted by Gasteiger charge is 2.23. The van der Waals surface area contributed by atoms with Crippen molar-refractivity contribution in [2.45, 2.75) is 53.1 Å². The Kier molecular flexibility index (Phi) is 5.37. The van der Waals surface area contributed by atoms with E-state index in [0.717, 1.165) is 19.6 Å². The van der Waals surface area contributed by atoms with E-state index < -0.39 is 0 Å². The zero-order valence-corrected chi connectivity index (χ0v) is 13.4. The lowest BCUT2D eigenvalue weighted by atomic mass is 9.85. The van der Waals surface area contributed by atoms with Gasteiger partial charge in [0.1, 0.15) is 5.01 Å². The Balaban J connectivity index is 1.85. The van der Waals surface area contributed by atoms with E-state index in [1.165, 1.54) is 43.1 Å². The first-order valence-corrected chi connectivity index (χ1v) is 8.33. The van der Waals surface area contributed by atoms with Crippen LogP contribution in [0.3, 0.4) is 0 Å². The van der Waals surface area contributed by atoms with Crippen LogP contribution in [-0.2, 0) is 13.1 Å². The number of likely N-dealkylation sites (tertiary alicyclic amines) is 1. The smallest absolute Gasteiger partial charge is 0.107 e. The molecule has 0 spiro atoms. The summed E-state index contributed by atoms with van der Waals surface area (Å²) in [5, 5.41) is 6.78. The van der Waals surface area contributed by atoms with Gasteiger partial charge in [0.15, 0.2) is 0 Å². The summed E-state index contributed by atoms with van der Waals surface area (Å²) in [4.78, 5) is 7.29. The maximum absolute atomic E-state index is 4.72. The van der Waals surface area contributed by atoms with Gasteiger partial charge in [0, 0.05) is 18.5 Å². The molecule has 1 N–H and O–H groups in total. The maximum atomic E-state index is 4.72. The Bertz CT molecular complexity index is 386. The molecular weight excluding hydrogens is 254 g/mol. The third-order valence-electron chi connectivity index (χ3n) is 3.94. The minimum Gasteiger partial charge on any atom is -0.311 e. The van der Waals surface area contributed by atoms with E-state index in [2.05, 4.69) is 36.4 Å². The van der Waals surface area contributed by atoms with Crippen molar-refractivity contribution in [3.05, 3.63) is 16.1 Å². The quantitative estimate of drug-likeness (QED) is 0.898. The van der Waals surface area contributed by atoms with Crippen LogP contribution >= 0.6 is 11.3 Å². The zero-order chi connectivity index (χ0) is 13.7. The fourth-order valence-electron chi connectivity index (χ4n) is 2.60. The third-order valence-corrected chi connectivity index (χ3v) is 4.84. The molecule has 1 saturated heterocycles. The molecule has 1 aromatic rings. The van der Waals surface area contributed by atoms with Gasteiger partial charge in [-0.3, -0.25) is 4.90 Å². The van der Waals surface area contributed by atoms with Crippen molar-refractivity contribution in [3.63, 3.8) is 0 Å². The molecule has 3 nitrogen and oxygen atoms in total. The van der Waals surface area contributed by atoms with Crippen LogP contribution in [0.2, 0.25) is 0 Å². The van der Waals surface area contributed by atoms with Gasteiger partial charge >= 0.3 is 0 Å². The fraction of sp³-hybridized carbons (Fsp3) is 0.800. The average molecular weight is 281 g/mol. The van der Waals surface area contributed by atoms with Crippen molar-refractivity contribution in [1.82, 2.24) is 15.2 Å². The van der Waals surface area contributed by atoms with Crippen molar-refractivity contribution in [3.8, 4) is 0 Å². The molecule has 19 heavy (non-hydrogen) atoms. The summed E-state index contributed by atoms with van der Waals surface area (Å²) in [5.41, 5.74) is 1.77. The summed E-state index contributed by atoms with van der Waals surface area (Å²) in [6.45, 7) is 12.3. The number of hydrogen-bond donors (Lipinski definition) is 1. The van der Waals surface area contributed by atoms with E-state index in [1.54, 1.807) is 11.3 Å². The first-order chi connectivity index (χ1) is 9.09. The predicted octanol–water partition coefficient (Wildman–Crippen LogP) is 3.26. The Hall–Kier alpha value is -0.450. The average Bonchev–Trinajstić information content (AvgIpc) is 2.73. The molecule has 1 aromatic heterocycles. The lowest BCUT2D eigenvalue weighted by molar-refractivity contribution is 0.254. The summed E-state index contributed by atoms with van der Waals surface area (Å²) in [5.74, 6) is 0. The molecule has 0 aliphatic carbocycles. The molecule has 0 atom stereocenters. The first-order valence-electron chi connectivity index (χ1n) is 7.45. The molecule has 1 aliphatic heterocycles. The third kappa shape index (κ3) is 4.86. The van der Waals surface area contributed by atoms with E-state index in [9.17, 15) is 0 Å². The van der Waals surface area contributed by atoms with Crippen LogP contribution in [0.15, 0.2) is 5.38 Å². The normalized spacial score (nSPS) is 20.4. The monoisotopic (exact) mass is 281 g/mol. The standard InChI is InChI=1S/C15H27N3S/c1-4-16-10-14-17-13(12-19-14)11-18-8-5-6-15(2,3)7-9-18/h12,16H,4-11H2,1-3H3. The molecule has 0 radical (unpaired) electrons. The van der Waals surface area contributed by atoms with Gasteiger partial charge in [0.05, 0.1) is 5.69 Å². The molecular formula is C15H27N3S. The van der Waals surface area contributed by atoms with Crippen molar-refractivity contribution >= 4 is 11.3 Å². The van der Waals surface area contributed by atoms with E-state index in [0.29, 0.717) is 5.41 Å². The van der Waals surface area contributed by atoms with E-state index in [-0.39, 0.29) is 0 Å². The molecule has 2 heterocycles. The van der Waals surface area contributed by atoms with Crippen molar-refractivity contribution < 1.29 is 0 Å². The largest absolute Gasteiger partial charge is 0.311 e. The summed E-state index contributed by atoms with van der Waals surface area (Å²) in [6.07, 6.45) is 3.98. The summed E-state index contributed by atoms with van der Waals surface area (Å²) < 4.78 is 0. The second-order valence-corrected chi connectivity index (χ2v) is 7.25. The molecule has 0 amide bonds. The molecule has 1 aliphatic rings. The van der Waals surface area contributed by atoms with Crippen LogP contribution in [0.4, 0.5) is 0 Å². The predicted molar refractivity (Wildman–Crippen MR) is 82.4 cm³/mol. The van der Waals surface area contributed by atoms with Gasteiger partial charge in [0.2, 0.25) is 0 Å². The number of hydrogen-bond acceptors (Lipinski definition) is 4. The van der Waals surface area contributed by atoms with Crippen LogP contribution in [0.25, 0.3) is 0 Å². The number of thiazole rings is 1. The molecule has 0 bridgehead atoms. The summed E-state index contributed by atoms with van der Waals surface area (Å²) >= 11 is 1.78. The van der Waals surface area contributed by atoms with Gasteiger partial charge in [-0.25, -0.2) is 4.98 Å². The fourth-order valence-corrected chi connectivity index (χ4v) is 3.36. The van der Waals surface area contributed by atoms with Crippen molar-refractivity contribution in [2.75, 3.05) is 19.6 Å². The molecule has 4 heteroatoms. The van der Waals surface area contributed by atoms with Crippen LogP contribution in [-0.4, -0.2) is 29.5 Å². The number of nitrogens with one attached hydrogen (secondary N) is 1. The maximum Gasteiger partial charge on any atom is 0.107 e. The molecule has 2 rings (SSSR count). The van der Waals surface area contributed by atoms with Crippen molar-refractivity contribution in [1.29, 1.82) is 0 Å². The minimum atomic E-state index is 0.521. The van der Waals surface area contributed by atoms with Gasteiger partial charge in [-0.05, 0) is 44.3 Å². The SMILES string of the molecule is CCNCc1nc(CN2CCCC(C)(C)CC2)cs1. The number of rotatable bonds is 5. The van der Waals surface area contributed by atoms with E-state index in [1.807, 2.05) is 0 Å². The molecule has 108 valence electrons. The minimum absolute atomic E-state index is 0.521. The Morgan fingerprint density at radius 2 is 2.21 bits per heavy atom. The lowest BCUT2D eigenvalue weighted by Crippen LogP contribution is -2.25. The highest BCUT2D eigenvalue weighted by atomic mass is 32.1. The Labute approximate surface area is 121 Å². The summed E-state index contributed by atoms with van der Waals surface area (Å²) in [6, 6.07) is 0. The van der Waals surface area contributed by atoms with Crippen LogP contribution in [0.5, 0.6) is 0 Å². The second kappa shape index (κ2) is 6.82. The summed E-state index contributed by atoms with van der Waals surface area (Å²) in [7, 11) is 0. The molecule has 0 unspecified atom stereocenters. The van der Waals surface area contributed by atoms with Gasteiger partial charge in [0.25, 0.3) is 0 Å².